The number of amides is 4. The van der Waals surface area contributed by atoms with Gasteiger partial charge in [0.05, 0.1) is 0 Å². The maximum Gasteiger partial charge on any atom is 0.328 e. The minimum absolute atomic E-state index is 0.397. The summed E-state index contributed by atoms with van der Waals surface area (Å²) in [5, 5.41) is 4.19. The summed E-state index contributed by atoms with van der Waals surface area (Å²) in [6.45, 7) is 7.86. The Hall–Kier alpha value is -1.39. The van der Waals surface area contributed by atoms with Gasteiger partial charge in [0.2, 0.25) is 11.8 Å². The van der Waals surface area contributed by atoms with E-state index in [1.165, 1.54) is 12.8 Å². The second-order valence-electron chi connectivity index (χ2n) is 4.03. The van der Waals surface area contributed by atoms with Crippen LogP contribution >= 0.6 is 0 Å². The number of carbonyl (C=O) groups excluding carboxylic acids is 3. The van der Waals surface area contributed by atoms with E-state index in [0.717, 1.165) is 0 Å². The van der Waals surface area contributed by atoms with Gasteiger partial charge >= 0.3 is 6.03 Å². The molecule has 0 atom stereocenters. The normalized spacial score (nSPS) is 17.8. The molecule has 98 valence electrons. The van der Waals surface area contributed by atoms with Crippen molar-refractivity contribution in [3.05, 3.63) is 0 Å². The minimum Gasteiger partial charge on any atom is -0.277 e. The SMILES string of the molecule is CCC1(CC)C(=O)NC(=O)NC1=O.CCCC. The van der Waals surface area contributed by atoms with Crippen LogP contribution in [-0.4, -0.2) is 17.8 Å². The summed E-state index contributed by atoms with van der Waals surface area (Å²) in [5.41, 5.74) is -1.06. The minimum atomic E-state index is -1.06. The Bertz CT molecular complexity index is 272. The highest BCUT2D eigenvalue weighted by Crippen LogP contribution is 2.28. The zero-order valence-electron chi connectivity index (χ0n) is 11.1. The first-order valence-electron chi connectivity index (χ1n) is 6.15. The molecule has 0 aromatic rings. The van der Waals surface area contributed by atoms with Gasteiger partial charge in [0.15, 0.2) is 0 Å². The zero-order chi connectivity index (χ0) is 13.5. The predicted octanol–water partition coefficient (Wildman–Crippen LogP) is 1.97. The second kappa shape index (κ2) is 7.04. The Balaban J connectivity index is 0.000000557. The number of rotatable bonds is 3. The van der Waals surface area contributed by atoms with Gasteiger partial charge in [-0.1, -0.05) is 40.5 Å². The monoisotopic (exact) mass is 242 g/mol. The standard InChI is InChI=1S/C8H12N2O3.C4H10/c1-3-8(4-2)5(11)9-7(13)10-6(8)12;1-3-4-2/h3-4H2,1-2H3,(H2,9,10,11,12,13);3-4H2,1-2H3. The van der Waals surface area contributed by atoms with Gasteiger partial charge < -0.3 is 0 Å². The molecule has 2 N–H and O–H groups in total. The fourth-order valence-electron chi connectivity index (χ4n) is 1.47. The van der Waals surface area contributed by atoms with Crippen molar-refractivity contribution in [3.63, 3.8) is 0 Å². The molecular weight excluding hydrogens is 220 g/mol. The van der Waals surface area contributed by atoms with Gasteiger partial charge in [-0.05, 0) is 12.8 Å². The zero-order valence-corrected chi connectivity index (χ0v) is 11.1. The van der Waals surface area contributed by atoms with Crippen LogP contribution in [0.25, 0.3) is 0 Å². The van der Waals surface area contributed by atoms with Crippen LogP contribution in [-0.2, 0) is 9.59 Å². The lowest BCUT2D eigenvalue weighted by atomic mass is 9.79. The average Bonchev–Trinajstić information content (AvgIpc) is 2.30. The summed E-state index contributed by atoms with van der Waals surface area (Å²) >= 11 is 0. The Morgan fingerprint density at radius 1 is 0.824 bits per heavy atom. The second-order valence-corrected chi connectivity index (χ2v) is 4.03. The predicted molar refractivity (Wildman–Crippen MR) is 65.3 cm³/mol. The number of imide groups is 2. The van der Waals surface area contributed by atoms with Crippen molar-refractivity contribution in [3.8, 4) is 0 Å². The first-order chi connectivity index (χ1) is 7.98. The molecule has 0 aromatic heterocycles. The van der Waals surface area contributed by atoms with E-state index in [0.29, 0.717) is 12.8 Å². The van der Waals surface area contributed by atoms with Crippen LogP contribution in [0.15, 0.2) is 0 Å². The highest BCUT2D eigenvalue weighted by atomic mass is 16.2. The molecule has 0 bridgehead atoms. The maximum absolute atomic E-state index is 11.4. The summed E-state index contributed by atoms with van der Waals surface area (Å²) in [4.78, 5) is 33.6. The smallest absolute Gasteiger partial charge is 0.277 e. The molecule has 1 fully saturated rings. The lowest BCUT2D eigenvalue weighted by Crippen LogP contribution is -2.61. The van der Waals surface area contributed by atoms with Crippen molar-refractivity contribution in [1.82, 2.24) is 10.6 Å². The van der Waals surface area contributed by atoms with Crippen LogP contribution < -0.4 is 10.6 Å². The lowest BCUT2D eigenvalue weighted by Gasteiger charge is -2.31. The average molecular weight is 242 g/mol. The summed E-state index contributed by atoms with van der Waals surface area (Å²) < 4.78 is 0. The van der Waals surface area contributed by atoms with E-state index >= 15 is 0 Å². The van der Waals surface area contributed by atoms with Crippen molar-refractivity contribution in [2.45, 2.75) is 53.4 Å². The molecule has 0 unspecified atom stereocenters. The lowest BCUT2D eigenvalue weighted by molar-refractivity contribution is -0.144. The molecule has 5 nitrogen and oxygen atoms in total. The van der Waals surface area contributed by atoms with Gasteiger partial charge in [-0.3, -0.25) is 20.2 Å². The van der Waals surface area contributed by atoms with Crippen molar-refractivity contribution >= 4 is 17.8 Å². The molecule has 4 amide bonds. The van der Waals surface area contributed by atoms with E-state index in [-0.39, 0.29) is 0 Å². The molecule has 0 aliphatic carbocycles. The first-order valence-corrected chi connectivity index (χ1v) is 6.15. The number of urea groups is 1. The number of carbonyl (C=O) groups is 3. The number of hydrogen-bond donors (Lipinski definition) is 2. The van der Waals surface area contributed by atoms with E-state index in [1.807, 2.05) is 0 Å². The van der Waals surface area contributed by atoms with Crippen LogP contribution in [0.4, 0.5) is 4.79 Å². The third-order valence-electron chi connectivity index (χ3n) is 3.03. The number of unbranched alkanes of at least 4 members (excludes halogenated alkanes) is 1. The summed E-state index contributed by atoms with van der Waals surface area (Å²) in [5.74, 6) is -0.988. The first kappa shape index (κ1) is 15.6. The molecule has 0 aromatic carbocycles. The van der Waals surface area contributed by atoms with Crippen molar-refractivity contribution in [2.24, 2.45) is 5.41 Å². The van der Waals surface area contributed by atoms with Gasteiger partial charge in [0, 0.05) is 0 Å². The van der Waals surface area contributed by atoms with Gasteiger partial charge in [-0.25, -0.2) is 4.79 Å². The van der Waals surface area contributed by atoms with Gasteiger partial charge in [-0.2, -0.15) is 0 Å². The Kier molecular flexibility index (Phi) is 6.46. The van der Waals surface area contributed by atoms with Gasteiger partial charge in [-0.15, -0.1) is 0 Å². The molecule has 17 heavy (non-hydrogen) atoms. The molecule has 5 heteroatoms. The fraction of sp³-hybridized carbons (Fsp3) is 0.750. The Labute approximate surface area is 102 Å². The number of hydrogen-bond acceptors (Lipinski definition) is 3. The van der Waals surface area contributed by atoms with Crippen molar-refractivity contribution in [1.29, 1.82) is 0 Å². The molecule has 1 aliphatic rings. The molecule has 1 saturated heterocycles. The van der Waals surface area contributed by atoms with Gasteiger partial charge in [0.1, 0.15) is 5.41 Å². The van der Waals surface area contributed by atoms with Crippen LogP contribution in [0.5, 0.6) is 0 Å². The summed E-state index contributed by atoms with van der Waals surface area (Å²) in [7, 11) is 0. The van der Waals surface area contributed by atoms with E-state index in [4.69, 9.17) is 0 Å². The van der Waals surface area contributed by atoms with Crippen molar-refractivity contribution in [2.75, 3.05) is 0 Å². The summed E-state index contributed by atoms with van der Waals surface area (Å²) in [6, 6.07) is -0.729. The third kappa shape index (κ3) is 3.54. The van der Waals surface area contributed by atoms with Crippen LogP contribution in [0.3, 0.4) is 0 Å². The molecule has 1 rings (SSSR count). The van der Waals surface area contributed by atoms with E-state index in [2.05, 4.69) is 24.5 Å². The van der Waals surface area contributed by atoms with Crippen molar-refractivity contribution < 1.29 is 14.4 Å². The quantitative estimate of drug-likeness (QED) is 0.743. The van der Waals surface area contributed by atoms with E-state index < -0.39 is 23.3 Å². The van der Waals surface area contributed by atoms with Crippen LogP contribution in [0.2, 0.25) is 0 Å². The third-order valence-corrected chi connectivity index (χ3v) is 3.03. The molecule has 0 saturated carbocycles. The van der Waals surface area contributed by atoms with Crippen LogP contribution in [0.1, 0.15) is 53.4 Å². The highest BCUT2D eigenvalue weighted by Gasteiger charge is 2.47. The highest BCUT2D eigenvalue weighted by molar-refractivity contribution is 6.19. The molecule has 0 radical (unpaired) electrons. The largest absolute Gasteiger partial charge is 0.328 e. The Morgan fingerprint density at radius 3 is 1.41 bits per heavy atom. The fourth-order valence-corrected chi connectivity index (χ4v) is 1.47. The maximum atomic E-state index is 11.4. The van der Waals surface area contributed by atoms with E-state index in [9.17, 15) is 14.4 Å². The van der Waals surface area contributed by atoms with E-state index in [1.54, 1.807) is 13.8 Å². The molecule has 0 spiro atoms. The van der Waals surface area contributed by atoms with Crippen LogP contribution in [0, 0.1) is 5.41 Å². The molecule has 1 heterocycles. The number of barbiturate groups is 1. The molecular formula is C12H22N2O3. The molecule has 1 aliphatic heterocycles. The topological polar surface area (TPSA) is 75.3 Å². The number of nitrogens with one attached hydrogen (secondary N) is 2. The Morgan fingerprint density at radius 2 is 1.18 bits per heavy atom. The van der Waals surface area contributed by atoms with Gasteiger partial charge in [0.25, 0.3) is 0 Å². The summed E-state index contributed by atoms with van der Waals surface area (Å²) in [6.07, 6.45) is 3.43.